The Kier molecular flexibility index (Phi) is 279. The first-order valence-corrected chi connectivity index (χ1v) is 0. The van der Waals surface area contributed by atoms with E-state index in [0.29, 0.717) is 0 Å². The molecule has 0 aliphatic rings. The average Bonchev–Trinajstić information content (AvgIpc) is 0. The molecule has 0 N–H and O–H groups in total. The Morgan fingerprint density at radius 2 is 1.20 bits per heavy atom. The maximum atomic E-state index is 0. The summed E-state index contributed by atoms with van der Waals surface area (Å²) in [6.45, 7) is 0. The first-order valence-electron chi connectivity index (χ1n) is 0. The molecular weight excluding hydrogens is 184 g/mol. The van der Waals surface area contributed by atoms with E-state index in [1.165, 1.54) is 0 Å². The molecule has 0 aromatic rings. The monoisotopic (exact) mass is 197 g/mol. The van der Waals surface area contributed by atoms with Crippen LogP contribution in [0.5, 0.6) is 0 Å². The molecule has 1 unspecified atom stereocenters. The fourth-order valence-corrected chi connectivity index (χ4v) is 0. The van der Waals surface area contributed by atoms with Gasteiger partial charge in [0.05, 0.1) is 0 Å². The summed E-state index contributed by atoms with van der Waals surface area (Å²) in [4.78, 5) is 0. The molecule has 0 saturated carbocycles. The van der Waals surface area contributed by atoms with Crippen molar-refractivity contribution in [3.63, 3.8) is 0 Å². The van der Waals surface area contributed by atoms with Gasteiger partial charge in [-0.1, -0.05) is 0 Å². The van der Waals surface area contributed by atoms with E-state index in [0.717, 1.165) is 0 Å². The van der Waals surface area contributed by atoms with E-state index in [9.17, 15) is 0 Å². The van der Waals surface area contributed by atoms with E-state index in [1.807, 2.05) is 0 Å². The molecule has 0 rings (SSSR count). The molecule has 0 aromatic heterocycles. The van der Waals surface area contributed by atoms with Crippen LogP contribution in [0.4, 0.5) is 0 Å². The first-order chi connectivity index (χ1) is 0. The third kappa shape index (κ3) is 20.2. The Hall–Kier alpha value is 2.72. The van der Waals surface area contributed by atoms with Crippen molar-refractivity contribution in [1.29, 1.82) is 0 Å². The topological polar surface area (TPSA) is 0 Å². The Bertz CT molecular complexity index is 17.7. The van der Waals surface area contributed by atoms with Crippen LogP contribution >= 0.6 is 9.90 Å². The van der Waals surface area contributed by atoms with E-state index in [4.69, 9.17) is 0 Å². The first kappa shape index (κ1) is 47.1. The fourth-order valence-electron chi connectivity index (χ4n) is 0. The van der Waals surface area contributed by atoms with Crippen molar-refractivity contribution >= 4 is 92.1 Å². The minimum atomic E-state index is 0. The summed E-state index contributed by atoms with van der Waals surface area (Å²) >= 11 is 0. The van der Waals surface area contributed by atoms with Gasteiger partial charge in [-0.15, -0.1) is 0 Å². The number of hydrogen-bond acceptors (Lipinski definition) is 0. The van der Waals surface area contributed by atoms with Crippen LogP contribution in [-0.2, 0) is 0 Å². The van der Waals surface area contributed by atoms with Crippen LogP contribution in [0.1, 0.15) is 2.85 Å². The van der Waals surface area contributed by atoms with Crippen molar-refractivity contribution in [2.24, 2.45) is 0 Å². The standard InChI is InChI=1S/Al.B.H3P.H4Si.Sr.5H/h;;1H3;1H4;;;;;;/q;;;;+2;;;;2*-1. The van der Waals surface area contributed by atoms with Gasteiger partial charge < -0.3 is 2.85 Å². The molecule has 0 fully saturated rings. The van der Waals surface area contributed by atoms with Crippen LogP contribution in [-0.4, -0.2) is 82.2 Å². The SMILES string of the molecule is P.[AlH3].[B].[H-].[H-].[SiH4].[Sr+2]. The van der Waals surface area contributed by atoms with Gasteiger partial charge in [0, 0.05) is 8.41 Å². The van der Waals surface area contributed by atoms with Gasteiger partial charge in [0.1, 0.15) is 0 Å². The zero-order valence-electron chi connectivity index (χ0n) is 3.99. The van der Waals surface area contributed by atoms with E-state index in [-0.39, 0.29) is 95.0 Å². The minimum Gasteiger partial charge on any atom is -1.00 e. The van der Waals surface area contributed by atoms with E-state index in [1.54, 1.807) is 0 Å². The van der Waals surface area contributed by atoms with Crippen molar-refractivity contribution in [3.8, 4) is 0 Å². The Morgan fingerprint density at radius 1 is 1.20 bits per heavy atom. The summed E-state index contributed by atoms with van der Waals surface area (Å²) in [6.07, 6.45) is 0. The van der Waals surface area contributed by atoms with Crippen molar-refractivity contribution < 1.29 is 2.85 Å². The molecule has 0 amide bonds. The number of rotatable bonds is 0. The molecule has 29 valence electrons. The summed E-state index contributed by atoms with van der Waals surface area (Å²) in [5, 5.41) is 0. The molecule has 1 atom stereocenters. The second-order valence-corrected chi connectivity index (χ2v) is 0. The largest absolute Gasteiger partial charge is 2.00 e. The van der Waals surface area contributed by atoms with Gasteiger partial charge in [0.15, 0.2) is 17.4 Å². The third-order valence-corrected chi connectivity index (χ3v) is 0. The smallest absolute Gasteiger partial charge is 1.00 e. The average molecular weight is 197 g/mol. The van der Waals surface area contributed by atoms with Gasteiger partial charge in [-0.05, 0) is 11.0 Å². The van der Waals surface area contributed by atoms with E-state index in [2.05, 4.69) is 0 Å². The molecule has 0 heterocycles. The van der Waals surface area contributed by atoms with Crippen LogP contribution in [0.3, 0.4) is 0 Å². The zero-order valence-corrected chi connectivity index (χ0v) is 6.88. The summed E-state index contributed by atoms with van der Waals surface area (Å²) < 4.78 is 0. The zero-order chi connectivity index (χ0) is 0. The molecular formula is H12AlBPSiSr. The van der Waals surface area contributed by atoms with Crippen molar-refractivity contribution in [2.45, 2.75) is 0 Å². The predicted octanol–water partition coefficient (Wildman–Crippen LogP) is -3.11. The molecule has 0 bridgehead atoms. The molecule has 5 heavy (non-hydrogen) atoms. The third-order valence-electron chi connectivity index (χ3n) is 0. The van der Waals surface area contributed by atoms with Gasteiger partial charge in [0.2, 0.25) is 0 Å². The normalized spacial score (nSPS) is 0. The second-order valence-electron chi connectivity index (χ2n) is 0. The van der Waals surface area contributed by atoms with Crippen LogP contribution in [0.2, 0.25) is 0 Å². The maximum Gasteiger partial charge on any atom is 2.00 e. The Morgan fingerprint density at radius 3 is 1.20 bits per heavy atom. The minimum absolute atomic E-state index is 0. The molecule has 0 nitrogen and oxygen atoms in total. The fraction of sp³-hybridized carbons (Fsp3) is 0. The molecule has 0 saturated heterocycles. The molecule has 3 radical (unpaired) electrons. The van der Waals surface area contributed by atoms with Crippen molar-refractivity contribution in [3.05, 3.63) is 0 Å². The van der Waals surface area contributed by atoms with Crippen molar-refractivity contribution in [1.82, 2.24) is 0 Å². The van der Waals surface area contributed by atoms with Gasteiger partial charge in [-0.25, -0.2) is 0 Å². The molecule has 0 spiro atoms. The van der Waals surface area contributed by atoms with Crippen LogP contribution < -0.4 is 0 Å². The van der Waals surface area contributed by atoms with Crippen LogP contribution in [0, 0.1) is 0 Å². The van der Waals surface area contributed by atoms with Crippen LogP contribution in [0.15, 0.2) is 0 Å². The summed E-state index contributed by atoms with van der Waals surface area (Å²) in [5.74, 6) is 0. The predicted molar refractivity (Wildman–Crippen MR) is 46.1 cm³/mol. The van der Waals surface area contributed by atoms with Gasteiger partial charge in [-0.3, -0.25) is 0 Å². The molecule has 0 aliphatic heterocycles. The molecule has 0 aliphatic carbocycles. The summed E-state index contributed by atoms with van der Waals surface area (Å²) in [5.41, 5.74) is 0. The summed E-state index contributed by atoms with van der Waals surface area (Å²) in [6, 6.07) is 0. The quantitative estimate of drug-likeness (QED) is 0.284. The maximum absolute atomic E-state index is 0. The molecule has 0 aromatic carbocycles. The number of hydrogen-bond donors (Lipinski definition) is 0. The Labute approximate surface area is 93.4 Å². The molecule has 5 heteroatoms. The van der Waals surface area contributed by atoms with Crippen LogP contribution in [0.25, 0.3) is 0 Å². The van der Waals surface area contributed by atoms with Gasteiger partial charge >= 0.3 is 45.5 Å². The second kappa shape index (κ2) is 29.7. The van der Waals surface area contributed by atoms with E-state index >= 15 is 0 Å². The van der Waals surface area contributed by atoms with Crippen molar-refractivity contribution in [2.75, 3.05) is 0 Å². The Balaban J connectivity index is 0. The van der Waals surface area contributed by atoms with Gasteiger partial charge in [0.25, 0.3) is 0 Å². The van der Waals surface area contributed by atoms with E-state index < -0.39 is 0 Å². The summed E-state index contributed by atoms with van der Waals surface area (Å²) in [7, 11) is 0. The van der Waals surface area contributed by atoms with Gasteiger partial charge in [-0.2, -0.15) is 9.90 Å².